The molecule has 3 atom stereocenters. The Bertz CT molecular complexity index is 323. The number of nitrogens with one attached hydrogen (secondary N) is 1. The van der Waals surface area contributed by atoms with Gasteiger partial charge in [-0.05, 0) is 37.0 Å². The summed E-state index contributed by atoms with van der Waals surface area (Å²) in [5, 5.41) is 3.62. The third-order valence-electron chi connectivity index (χ3n) is 5.13. The zero-order valence-corrected chi connectivity index (χ0v) is 13.7. The highest BCUT2D eigenvalue weighted by Crippen LogP contribution is 2.29. The lowest BCUT2D eigenvalue weighted by Gasteiger charge is -2.28. The molecule has 0 aromatic carbocycles. The third-order valence-corrected chi connectivity index (χ3v) is 5.13. The zero-order valence-electron chi connectivity index (χ0n) is 13.7. The maximum absolute atomic E-state index is 12.7. The van der Waals surface area contributed by atoms with Crippen LogP contribution in [0.5, 0.6) is 0 Å². The van der Waals surface area contributed by atoms with Gasteiger partial charge in [0.25, 0.3) is 0 Å². The van der Waals surface area contributed by atoms with Crippen molar-refractivity contribution >= 4 is 5.91 Å². The first-order valence-electron chi connectivity index (χ1n) is 8.59. The van der Waals surface area contributed by atoms with Crippen molar-refractivity contribution in [2.45, 2.75) is 78.4 Å². The molecule has 20 heavy (non-hydrogen) atoms. The Balaban J connectivity index is 2.04. The molecule has 0 aromatic heterocycles. The number of rotatable bonds is 6. The molecule has 1 heterocycles. The summed E-state index contributed by atoms with van der Waals surface area (Å²) < 4.78 is 0. The molecule has 3 nitrogen and oxygen atoms in total. The fourth-order valence-corrected chi connectivity index (χ4v) is 3.67. The Morgan fingerprint density at radius 3 is 2.45 bits per heavy atom. The van der Waals surface area contributed by atoms with Crippen molar-refractivity contribution in [1.82, 2.24) is 10.2 Å². The lowest BCUT2D eigenvalue weighted by Crippen LogP contribution is -2.40. The first kappa shape index (κ1) is 15.8. The third kappa shape index (κ3) is 3.55. The monoisotopic (exact) mass is 280 g/mol. The van der Waals surface area contributed by atoms with Gasteiger partial charge in [0.2, 0.25) is 5.91 Å². The highest BCUT2D eigenvalue weighted by Gasteiger charge is 2.41. The van der Waals surface area contributed by atoms with Crippen molar-refractivity contribution < 1.29 is 4.79 Å². The Hall–Kier alpha value is -0.570. The molecular weight excluding hydrogens is 248 g/mol. The highest BCUT2D eigenvalue weighted by molar-refractivity contribution is 5.84. The van der Waals surface area contributed by atoms with E-state index in [1.54, 1.807) is 0 Å². The summed E-state index contributed by atoms with van der Waals surface area (Å²) in [6.45, 7) is 9.85. The molecule has 2 aliphatic rings. The maximum Gasteiger partial charge on any atom is 0.241 e. The summed E-state index contributed by atoms with van der Waals surface area (Å²) in [7, 11) is 0. The largest absolute Gasteiger partial charge is 0.326 e. The van der Waals surface area contributed by atoms with Crippen LogP contribution in [0.25, 0.3) is 0 Å². The molecule has 1 saturated carbocycles. The van der Waals surface area contributed by atoms with E-state index in [0.29, 0.717) is 17.7 Å². The maximum atomic E-state index is 12.7. The van der Waals surface area contributed by atoms with Crippen molar-refractivity contribution in [3.63, 3.8) is 0 Å². The molecule has 0 bridgehead atoms. The molecule has 0 spiro atoms. The minimum atomic E-state index is 0.0464. The van der Waals surface area contributed by atoms with Crippen LogP contribution < -0.4 is 5.32 Å². The van der Waals surface area contributed by atoms with E-state index in [4.69, 9.17) is 0 Å². The molecule has 0 radical (unpaired) electrons. The van der Waals surface area contributed by atoms with Crippen LogP contribution in [-0.2, 0) is 4.79 Å². The Kier molecular flexibility index (Phi) is 5.48. The van der Waals surface area contributed by atoms with Gasteiger partial charge < -0.3 is 4.90 Å². The summed E-state index contributed by atoms with van der Waals surface area (Å²) in [4.78, 5) is 14.9. The van der Waals surface area contributed by atoms with E-state index in [1.165, 1.54) is 25.7 Å². The summed E-state index contributed by atoms with van der Waals surface area (Å²) in [6.07, 6.45) is 7.73. The van der Waals surface area contributed by atoms with Gasteiger partial charge in [0.15, 0.2) is 0 Å². The van der Waals surface area contributed by atoms with Gasteiger partial charge in [-0.25, -0.2) is 0 Å². The molecular formula is C17H32N2O. The van der Waals surface area contributed by atoms with Gasteiger partial charge in [-0.2, -0.15) is 0 Å². The molecule has 2 rings (SSSR count). The zero-order chi connectivity index (χ0) is 14.7. The van der Waals surface area contributed by atoms with Gasteiger partial charge in [0.05, 0.1) is 12.2 Å². The Morgan fingerprint density at radius 1 is 1.25 bits per heavy atom. The number of carbonyl (C=O) groups is 1. The molecule has 1 saturated heterocycles. The predicted molar refractivity (Wildman–Crippen MR) is 83.3 cm³/mol. The van der Waals surface area contributed by atoms with Gasteiger partial charge in [-0.15, -0.1) is 0 Å². The minimum Gasteiger partial charge on any atom is -0.326 e. The molecule has 3 heteroatoms. The van der Waals surface area contributed by atoms with Crippen molar-refractivity contribution in [2.75, 3.05) is 6.54 Å². The van der Waals surface area contributed by atoms with Gasteiger partial charge in [-0.1, -0.05) is 47.0 Å². The SMILES string of the molecule is CCC(C)C1NC(CC(C)C)N(CC2CCCC2)C1=O. The van der Waals surface area contributed by atoms with Crippen LogP contribution in [0.2, 0.25) is 0 Å². The normalized spacial score (nSPS) is 29.6. The van der Waals surface area contributed by atoms with E-state index in [2.05, 4.69) is 37.9 Å². The fraction of sp³-hybridized carbons (Fsp3) is 0.941. The van der Waals surface area contributed by atoms with Crippen molar-refractivity contribution in [2.24, 2.45) is 17.8 Å². The average molecular weight is 280 g/mol. The van der Waals surface area contributed by atoms with E-state index in [9.17, 15) is 4.79 Å². The summed E-state index contributed by atoms with van der Waals surface area (Å²) in [5.74, 6) is 2.16. The first-order chi connectivity index (χ1) is 9.52. The summed E-state index contributed by atoms with van der Waals surface area (Å²) >= 11 is 0. The van der Waals surface area contributed by atoms with Crippen LogP contribution in [0, 0.1) is 17.8 Å². The van der Waals surface area contributed by atoms with Crippen LogP contribution in [0.15, 0.2) is 0 Å². The number of amides is 1. The van der Waals surface area contributed by atoms with Crippen LogP contribution in [0.1, 0.15) is 66.2 Å². The molecule has 1 amide bonds. The quantitative estimate of drug-likeness (QED) is 0.809. The molecule has 1 N–H and O–H groups in total. The van der Waals surface area contributed by atoms with E-state index in [1.807, 2.05) is 0 Å². The second kappa shape index (κ2) is 6.93. The molecule has 2 fully saturated rings. The van der Waals surface area contributed by atoms with Gasteiger partial charge >= 0.3 is 0 Å². The first-order valence-corrected chi connectivity index (χ1v) is 8.59. The number of carbonyl (C=O) groups excluding carboxylic acids is 1. The second-order valence-corrected chi connectivity index (χ2v) is 7.32. The van der Waals surface area contributed by atoms with Crippen LogP contribution >= 0.6 is 0 Å². The molecule has 1 aliphatic carbocycles. The average Bonchev–Trinajstić information content (AvgIpc) is 3.00. The Labute approximate surface area is 124 Å². The van der Waals surface area contributed by atoms with Gasteiger partial charge in [-0.3, -0.25) is 10.1 Å². The minimum absolute atomic E-state index is 0.0464. The summed E-state index contributed by atoms with van der Waals surface area (Å²) in [5.41, 5.74) is 0. The van der Waals surface area contributed by atoms with E-state index in [-0.39, 0.29) is 12.2 Å². The Morgan fingerprint density at radius 2 is 1.90 bits per heavy atom. The lowest BCUT2D eigenvalue weighted by atomic mass is 9.99. The second-order valence-electron chi connectivity index (χ2n) is 7.32. The standard InChI is InChI=1S/C17H32N2O/c1-5-13(4)16-17(20)19(11-14-8-6-7-9-14)15(18-16)10-12(2)3/h12-16,18H,5-11H2,1-4H3. The smallest absolute Gasteiger partial charge is 0.241 e. The number of hydrogen-bond donors (Lipinski definition) is 1. The van der Waals surface area contributed by atoms with Crippen molar-refractivity contribution in [1.29, 1.82) is 0 Å². The van der Waals surface area contributed by atoms with Gasteiger partial charge in [0, 0.05) is 6.54 Å². The summed E-state index contributed by atoms with van der Waals surface area (Å²) in [6, 6.07) is 0.0464. The van der Waals surface area contributed by atoms with Crippen LogP contribution in [0.3, 0.4) is 0 Å². The fourth-order valence-electron chi connectivity index (χ4n) is 3.67. The molecule has 0 aromatic rings. The van der Waals surface area contributed by atoms with Crippen molar-refractivity contribution in [3.05, 3.63) is 0 Å². The van der Waals surface area contributed by atoms with E-state index >= 15 is 0 Å². The predicted octanol–water partition coefficient (Wildman–Crippen LogP) is 3.40. The van der Waals surface area contributed by atoms with Crippen LogP contribution in [-0.4, -0.2) is 29.6 Å². The molecule has 3 unspecified atom stereocenters. The van der Waals surface area contributed by atoms with E-state index < -0.39 is 0 Å². The number of nitrogens with zero attached hydrogens (tertiary/aromatic N) is 1. The van der Waals surface area contributed by atoms with Gasteiger partial charge in [0.1, 0.15) is 0 Å². The van der Waals surface area contributed by atoms with E-state index in [0.717, 1.165) is 25.3 Å². The topological polar surface area (TPSA) is 32.3 Å². The van der Waals surface area contributed by atoms with Crippen LogP contribution in [0.4, 0.5) is 0 Å². The lowest BCUT2D eigenvalue weighted by molar-refractivity contribution is -0.131. The number of hydrogen-bond acceptors (Lipinski definition) is 2. The molecule has 116 valence electrons. The molecule has 1 aliphatic heterocycles. The highest BCUT2D eigenvalue weighted by atomic mass is 16.2. The van der Waals surface area contributed by atoms with Crippen molar-refractivity contribution in [3.8, 4) is 0 Å².